The molecule has 12 heteroatoms. The predicted molar refractivity (Wildman–Crippen MR) is 94.9 cm³/mol. The van der Waals surface area contributed by atoms with Gasteiger partial charge in [0.2, 0.25) is 5.91 Å². The first-order valence-corrected chi connectivity index (χ1v) is 10.8. The number of carbonyl (C=O) groups excluding carboxylic acids is 1. The highest BCUT2D eigenvalue weighted by atomic mass is 32.2. The number of sulfone groups is 1. The number of nitrogens with zero attached hydrogens (tertiary/aromatic N) is 1. The summed E-state index contributed by atoms with van der Waals surface area (Å²) >= 11 is -2.69. The van der Waals surface area contributed by atoms with Crippen molar-refractivity contribution in [3.8, 4) is 0 Å². The Kier molecular flexibility index (Phi) is 8.82. The number of piperidine rings is 1. The number of likely N-dealkylation sites (tertiary alicyclic amines) is 1. The summed E-state index contributed by atoms with van der Waals surface area (Å²) in [4.78, 5) is 27.4. The van der Waals surface area contributed by atoms with Gasteiger partial charge in [0.1, 0.15) is 0 Å². The Morgan fingerprint density at radius 2 is 1.85 bits per heavy atom. The van der Waals surface area contributed by atoms with Gasteiger partial charge in [-0.15, -0.1) is 0 Å². The molecule has 152 valence electrons. The van der Waals surface area contributed by atoms with Crippen molar-refractivity contribution in [2.75, 3.05) is 19.3 Å². The SMILES string of the molecule is CC(=O)N1CCC(c2ccccc2S(C)(=O)=O)CC1.O=C(O)ONS(=O)[O-]. The minimum atomic E-state index is -3.19. The average Bonchev–Trinajstić information content (AvgIpc) is 2.60. The number of amides is 1. The maximum Gasteiger partial charge on any atom is 0.526 e. The second-order valence-electron chi connectivity index (χ2n) is 5.78. The summed E-state index contributed by atoms with van der Waals surface area (Å²) in [5.74, 6) is 0.316. The third-order valence-corrected chi connectivity index (χ3v) is 5.29. The van der Waals surface area contributed by atoms with Crippen LogP contribution < -0.4 is 4.89 Å². The normalized spacial score (nSPS) is 16.0. The standard InChI is InChI=1S/C14H19NO3S.CH3NO5S/c1-11(16)15-9-7-12(8-10-15)13-5-3-4-6-14(13)19(2,17)18;3-1(4)7-2-8(5)6/h3-6,12H,7-10H2,1-2H3;2H,(H,3,4)(H,5,6)/p-1. The lowest BCUT2D eigenvalue weighted by atomic mass is 9.89. The molecule has 0 bridgehead atoms. The fraction of sp³-hybridized carbons (Fsp3) is 0.467. The van der Waals surface area contributed by atoms with E-state index in [2.05, 4.69) is 4.84 Å². The lowest BCUT2D eigenvalue weighted by molar-refractivity contribution is -0.129. The molecule has 1 atom stereocenters. The minimum Gasteiger partial charge on any atom is -0.758 e. The van der Waals surface area contributed by atoms with E-state index in [4.69, 9.17) is 5.11 Å². The highest BCUT2D eigenvalue weighted by Gasteiger charge is 2.25. The molecule has 2 N–H and O–H groups in total. The lowest BCUT2D eigenvalue weighted by Crippen LogP contribution is -2.36. The van der Waals surface area contributed by atoms with Crippen LogP contribution in [0, 0.1) is 0 Å². The second-order valence-corrected chi connectivity index (χ2v) is 8.40. The molecule has 0 saturated carbocycles. The number of hydrogen-bond donors (Lipinski definition) is 2. The fourth-order valence-corrected chi connectivity index (χ4v) is 3.86. The van der Waals surface area contributed by atoms with E-state index in [0.717, 1.165) is 23.3 Å². The van der Waals surface area contributed by atoms with E-state index in [1.807, 2.05) is 17.0 Å². The molecule has 1 aliphatic rings. The highest BCUT2D eigenvalue weighted by molar-refractivity contribution is 7.90. The van der Waals surface area contributed by atoms with E-state index in [1.165, 1.54) is 6.26 Å². The highest BCUT2D eigenvalue weighted by Crippen LogP contribution is 2.32. The molecule has 1 unspecified atom stereocenters. The first kappa shape index (κ1) is 23.0. The molecular weight excluding hydrogens is 400 g/mol. The van der Waals surface area contributed by atoms with Gasteiger partial charge in [-0.1, -0.05) is 23.1 Å². The van der Waals surface area contributed by atoms with Crippen LogP contribution in [-0.4, -0.2) is 58.6 Å². The summed E-state index contributed by atoms with van der Waals surface area (Å²) in [5.41, 5.74) is 0.896. The number of nitrogens with one attached hydrogen (secondary N) is 1. The van der Waals surface area contributed by atoms with Gasteiger partial charge >= 0.3 is 6.16 Å². The van der Waals surface area contributed by atoms with Crippen LogP contribution in [0.4, 0.5) is 4.79 Å². The zero-order chi connectivity index (χ0) is 20.6. The van der Waals surface area contributed by atoms with Gasteiger partial charge in [0.25, 0.3) is 0 Å². The smallest absolute Gasteiger partial charge is 0.526 e. The third-order valence-electron chi connectivity index (χ3n) is 3.90. The van der Waals surface area contributed by atoms with Crippen LogP contribution in [0.15, 0.2) is 29.2 Å². The molecule has 1 amide bonds. The van der Waals surface area contributed by atoms with Gasteiger partial charge in [-0.3, -0.25) is 9.00 Å². The minimum absolute atomic E-state index is 0.0925. The molecule has 1 aromatic carbocycles. The summed E-state index contributed by atoms with van der Waals surface area (Å²) < 4.78 is 42.4. The lowest BCUT2D eigenvalue weighted by Gasteiger charge is -2.32. The van der Waals surface area contributed by atoms with Gasteiger partial charge in [0.05, 0.1) is 16.2 Å². The van der Waals surface area contributed by atoms with Crippen molar-refractivity contribution in [1.29, 1.82) is 0 Å². The summed E-state index contributed by atoms with van der Waals surface area (Å²) in [6, 6.07) is 7.19. The van der Waals surface area contributed by atoms with Gasteiger partial charge in [-0.25, -0.2) is 13.2 Å². The Bertz CT molecular complexity index is 775. The molecule has 10 nitrogen and oxygen atoms in total. The van der Waals surface area contributed by atoms with Crippen LogP contribution in [-0.2, 0) is 30.7 Å². The van der Waals surface area contributed by atoms with Crippen LogP contribution in [0.5, 0.6) is 0 Å². The van der Waals surface area contributed by atoms with Crippen molar-refractivity contribution in [3.63, 3.8) is 0 Å². The average molecular weight is 421 g/mol. The molecule has 1 aromatic rings. The van der Waals surface area contributed by atoms with Crippen molar-refractivity contribution in [2.45, 2.75) is 30.6 Å². The van der Waals surface area contributed by atoms with Crippen LogP contribution in [0.2, 0.25) is 0 Å². The van der Waals surface area contributed by atoms with E-state index in [9.17, 15) is 26.8 Å². The number of rotatable bonds is 4. The van der Waals surface area contributed by atoms with Crippen LogP contribution in [0.1, 0.15) is 31.2 Å². The van der Waals surface area contributed by atoms with Crippen LogP contribution in [0.3, 0.4) is 0 Å². The predicted octanol–water partition coefficient (Wildman–Crippen LogP) is 0.796. The van der Waals surface area contributed by atoms with Crippen LogP contribution >= 0.6 is 0 Å². The Labute approximate surface area is 159 Å². The molecule has 0 aliphatic carbocycles. The zero-order valence-corrected chi connectivity index (χ0v) is 16.4. The molecule has 1 saturated heterocycles. The molecule has 2 rings (SSSR count). The molecule has 27 heavy (non-hydrogen) atoms. The first-order chi connectivity index (χ1) is 12.5. The van der Waals surface area contributed by atoms with Crippen molar-refractivity contribution >= 4 is 33.2 Å². The van der Waals surface area contributed by atoms with Gasteiger partial charge in [-0.2, -0.15) is 0 Å². The molecule has 0 spiro atoms. The van der Waals surface area contributed by atoms with Crippen LogP contribution in [0.25, 0.3) is 0 Å². The molecule has 0 aromatic heterocycles. The first-order valence-electron chi connectivity index (χ1n) is 7.81. The van der Waals surface area contributed by atoms with Gasteiger partial charge < -0.3 is 19.4 Å². The Morgan fingerprint density at radius 3 is 2.26 bits per heavy atom. The van der Waals surface area contributed by atoms with Crippen molar-refractivity contribution in [1.82, 2.24) is 9.79 Å². The van der Waals surface area contributed by atoms with Gasteiger partial charge in [0, 0.05) is 26.3 Å². The maximum absolute atomic E-state index is 11.8. The Morgan fingerprint density at radius 1 is 1.30 bits per heavy atom. The summed E-state index contributed by atoms with van der Waals surface area (Å²) in [6.45, 7) is 2.99. The van der Waals surface area contributed by atoms with E-state index in [-0.39, 0.29) is 11.8 Å². The van der Waals surface area contributed by atoms with E-state index >= 15 is 0 Å². The summed E-state index contributed by atoms with van der Waals surface area (Å²) in [6.07, 6.45) is 1.20. The number of carboxylic acid groups (broad SMARTS) is 1. The molecule has 1 heterocycles. The number of carbonyl (C=O) groups is 2. The third kappa shape index (κ3) is 8.03. The molecule has 1 fully saturated rings. The van der Waals surface area contributed by atoms with Gasteiger partial charge in [-0.05, 0) is 30.4 Å². The fourth-order valence-electron chi connectivity index (χ4n) is 2.73. The van der Waals surface area contributed by atoms with E-state index in [1.54, 1.807) is 19.1 Å². The Hall–Kier alpha value is -2.02. The molecule has 1 aliphatic heterocycles. The topological polar surface area (TPSA) is 153 Å². The van der Waals surface area contributed by atoms with Crippen molar-refractivity contribution in [3.05, 3.63) is 29.8 Å². The van der Waals surface area contributed by atoms with E-state index < -0.39 is 27.3 Å². The molecular formula is C15H21N2O8S2-. The monoisotopic (exact) mass is 421 g/mol. The zero-order valence-electron chi connectivity index (χ0n) is 14.8. The van der Waals surface area contributed by atoms with E-state index in [0.29, 0.717) is 18.0 Å². The Balaban J connectivity index is 0.000000387. The summed E-state index contributed by atoms with van der Waals surface area (Å²) in [7, 11) is -3.19. The second kappa shape index (κ2) is 10.3. The van der Waals surface area contributed by atoms with Crippen molar-refractivity contribution in [2.24, 2.45) is 0 Å². The quantitative estimate of drug-likeness (QED) is 0.534. The maximum atomic E-state index is 11.8. The summed E-state index contributed by atoms with van der Waals surface area (Å²) in [5, 5.41) is 7.60. The largest absolute Gasteiger partial charge is 0.758 e. The number of benzene rings is 1. The van der Waals surface area contributed by atoms with Gasteiger partial charge in [0.15, 0.2) is 9.84 Å². The number of hydrogen-bond acceptors (Lipinski definition) is 7. The molecule has 0 radical (unpaired) electrons. The van der Waals surface area contributed by atoms with Crippen molar-refractivity contribution < 1.29 is 36.7 Å².